The van der Waals surface area contributed by atoms with Crippen LogP contribution < -0.4 is 19.5 Å². The highest BCUT2D eigenvalue weighted by Crippen LogP contribution is 2.38. The van der Waals surface area contributed by atoms with Gasteiger partial charge in [0.05, 0.1) is 20.3 Å². The first-order chi connectivity index (χ1) is 20.9. The molecule has 0 bridgehead atoms. The maximum atomic E-state index is 12.2. The van der Waals surface area contributed by atoms with Gasteiger partial charge >= 0.3 is 6.09 Å². The average molecular weight is 629 g/mol. The van der Waals surface area contributed by atoms with Crippen molar-refractivity contribution in [2.75, 3.05) is 26.4 Å². The zero-order valence-electron chi connectivity index (χ0n) is 26.2. The van der Waals surface area contributed by atoms with E-state index < -0.39 is 26.6 Å². The Bertz CT molecular complexity index is 1000. The maximum absolute atomic E-state index is 12.2. The van der Waals surface area contributed by atoms with Gasteiger partial charge in [0, 0.05) is 12.6 Å². The fourth-order valence-corrected chi connectivity index (χ4v) is 5.29. The largest absolute Gasteiger partial charge is 0.756 e. The van der Waals surface area contributed by atoms with Crippen molar-refractivity contribution in [1.82, 2.24) is 15.0 Å². The number of alkyl carbamates (subject to hydrolysis) is 1. The van der Waals surface area contributed by atoms with E-state index >= 15 is 0 Å². The van der Waals surface area contributed by atoms with Crippen LogP contribution in [-0.4, -0.2) is 48.3 Å². The first-order valence-corrected chi connectivity index (χ1v) is 17.4. The number of aryl methyl sites for hydroxylation is 1. The number of aromatic nitrogens is 3. The Balaban J connectivity index is 1.51. The van der Waals surface area contributed by atoms with Gasteiger partial charge in [0.15, 0.2) is 6.10 Å². The number of imidazole rings is 1. The molecule has 0 aliphatic heterocycles. The number of phosphoric ester groups is 1. The summed E-state index contributed by atoms with van der Waals surface area (Å²) in [7, 11) is -2.75. The summed E-state index contributed by atoms with van der Waals surface area (Å²) >= 11 is 0. The fourth-order valence-electron chi connectivity index (χ4n) is 4.56. The van der Waals surface area contributed by atoms with Gasteiger partial charge in [-0.2, -0.15) is 0 Å². The third-order valence-electron chi connectivity index (χ3n) is 6.99. The van der Waals surface area contributed by atoms with Gasteiger partial charge in [-0.15, -0.1) is 0 Å². The highest BCUT2D eigenvalue weighted by molar-refractivity contribution is 7.45. The summed E-state index contributed by atoms with van der Waals surface area (Å²) in [5.41, 5.74) is 0. The van der Waals surface area contributed by atoms with Crippen molar-refractivity contribution < 1.29 is 41.9 Å². The summed E-state index contributed by atoms with van der Waals surface area (Å²) in [6, 6.07) is 1.45. The highest BCUT2D eigenvalue weighted by atomic mass is 31.2. The Morgan fingerprint density at radius 1 is 1.00 bits per heavy atom. The first kappa shape index (κ1) is 36.8. The molecule has 2 unspecified atom stereocenters. The van der Waals surface area contributed by atoms with Crippen LogP contribution in [0.25, 0.3) is 0 Å². The lowest BCUT2D eigenvalue weighted by molar-refractivity contribution is -0.671. The Morgan fingerprint density at radius 3 is 2.19 bits per heavy atom. The molecule has 0 fully saturated rings. The second kappa shape index (κ2) is 23.0. The normalized spacial score (nSPS) is 13.5. The fraction of sp³-hybridized carbons (Fsp3) is 0.767. The lowest BCUT2D eigenvalue weighted by Gasteiger charge is -2.25. The summed E-state index contributed by atoms with van der Waals surface area (Å²) < 4.78 is 41.3. The van der Waals surface area contributed by atoms with Crippen molar-refractivity contribution in [1.29, 1.82) is 0 Å². The van der Waals surface area contributed by atoms with E-state index in [0.29, 0.717) is 13.1 Å². The molecule has 0 aliphatic carbocycles. The molecule has 246 valence electrons. The predicted octanol–water partition coefficient (Wildman–Crippen LogP) is 5.85. The van der Waals surface area contributed by atoms with E-state index in [1.807, 2.05) is 17.8 Å². The number of unbranched alkanes of at least 4 members (excludes halogenated alkanes) is 14. The van der Waals surface area contributed by atoms with E-state index in [1.54, 1.807) is 17.1 Å². The number of nitrogens with one attached hydrogen (secondary N) is 1. The van der Waals surface area contributed by atoms with E-state index in [1.165, 1.54) is 89.4 Å². The van der Waals surface area contributed by atoms with Crippen LogP contribution in [0.1, 0.15) is 103 Å². The molecule has 2 aromatic heterocycles. The molecule has 1 N–H and O–H groups in total. The van der Waals surface area contributed by atoms with Crippen LogP contribution >= 0.6 is 7.82 Å². The van der Waals surface area contributed by atoms with Crippen LogP contribution in [0, 0.1) is 0 Å². The van der Waals surface area contributed by atoms with Crippen LogP contribution in [0.2, 0.25) is 0 Å². The van der Waals surface area contributed by atoms with Crippen LogP contribution in [0.4, 0.5) is 4.79 Å². The predicted molar refractivity (Wildman–Crippen MR) is 160 cm³/mol. The minimum Gasteiger partial charge on any atom is -0.756 e. The number of amides is 1. The summed E-state index contributed by atoms with van der Waals surface area (Å²) in [6.45, 7) is 2.32. The molecule has 0 radical (unpaired) electrons. The standard InChI is InChI=1S/C30H53N4O8P/c1-3-4-5-6-7-8-9-10-11-12-13-14-15-16-17-19-31-30(35)38-25-28(42-29-18-23-39-32-29)26-41-43(36,37)40-24-22-34-21-20-33(2)27-34/h18,20-21,23,27-28H,3-17,19,22,24-26H2,1-2H3,(H-,31,35,36,37). The van der Waals surface area contributed by atoms with Crippen LogP contribution in [0.15, 0.2) is 35.6 Å². The van der Waals surface area contributed by atoms with Crippen molar-refractivity contribution in [2.24, 2.45) is 7.05 Å². The quantitative estimate of drug-likeness (QED) is 0.0733. The molecular formula is C30H53N4O8P. The summed E-state index contributed by atoms with van der Waals surface area (Å²) in [5.74, 6) is 0.109. The van der Waals surface area contributed by atoms with Crippen molar-refractivity contribution >= 4 is 13.9 Å². The Hall–Kier alpha value is -2.40. The average Bonchev–Trinajstić information content (AvgIpc) is 3.65. The topological polar surface area (TPSA) is 141 Å². The molecular weight excluding hydrogens is 575 g/mol. The lowest BCUT2D eigenvalue weighted by atomic mass is 10.0. The van der Waals surface area contributed by atoms with Gasteiger partial charge in [0.1, 0.15) is 31.8 Å². The molecule has 13 heteroatoms. The molecule has 43 heavy (non-hydrogen) atoms. The molecule has 12 nitrogen and oxygen atoms in total. The molecule has 0 aromatic carbocycles. The van der Waals surface area contributed by atoms with Gasteiger partial charge in [0.2, 0.25) is 6.33 Å². The number of carbonyl (C=O) groups excluding carboxylic acids is 1. The Labute approximate surface area is 257 Å². The first-order valence-electron chi connectivity index (χ1n) is 16.0. The number of nitrogens with zero attached hydrogens (tertiary/aromatic N) is 3. The number of rotatable bonds is 27. The van der Waals surface area contributed by atoms with Gasteiger partial charge in [-0.05, 0) is 11.6 Å². The molecule has 0 aliphatic rings. The Kier molecular flexibility index (Phi) is 19.7. The molecule has 2 heterocycles. The zero-order chi connectivity index (χ0) is 31.0. The molecule has 0 saturated heterocycles. The highest BCUT2D eigenvalue weighted by Gasteiger charge is 2.20. The van der Waals surface area contributed by atoms with Crippen molar-refractivity contribution in [2.45, 2.75) is 116 Å². The second-order valence-corrected chi connectivity index (χ2v) is 12.4. The van der Waals surface area contributed by atoms with Crippen molar-refractivity contribution in [3.63, 3.8) is 0 Å². The maximum Gasteiger partial charge on any atom is 0.407 e. The number of ether oxygens (including phenoxy) is 2. The molecule has 2 atom stereocenters. The van der Waals surface area contributed by atoms with Crippen molar-refractivity contribution in [3.8, 4) is 5.88 Å². The summed E-state index contributed by atoms with van der Waals surface area (Å²) in [5, 5.41) is 6.37. The molecule has 2 rings (SSSR count). The number of carbonyl (C=O) groups is 1. The minimum atomic E-state index is -4.61. The van der Waals surface area contributed by atoms with Gasteiger partial charge in [-0.25, -0.2) is 13.9 Å². The molecule has 0 saturated carbocycles. The second-order valence-electron chi connectivity index (χ2n) is 10.9. The monoisotopic (exact) mass is 628 g/mol. The molecule has 1 amide bonds. The van der Waals surface area contributed by atoms with E-state index in [9.17, 15) is 14.3 Å². The van der Waals surface area contributed by atoms with Crippen LogP contribution in [0.3, 0.4) is 0 Å². The third kappa shape index (κ3) is 19.5. The molecule has 0 spiro atoms. The van der Waals surface area contributed by atoms with Crippen molar-refractivity contribution in [3.05, 3.63) is 31.1 Å². The Morgan fingerprint density at radius 2 is 1.63 bits per heavy atom. The van der Waals surface area contributed by atoms with Gasteiger partial charge in [-0.1, -0.05) is 96.8 Å². The molecule has 2 aromatic rings. The van der Waals surface area contributed by atoms with Gasteiger partial charge in [0.25, 0.3) is 13.7 Å². The van der Waals surface area contributed by atoms with E-state index in [-0.39, 0.29) is 19.1 Å². The van der Waals surface area contributed by atoms with Crippen LogP contribution in [-0.2, 0) is 31.9 Å². The van der Waals surface area contributed by atoms with E-state index in [4.69, 9.17) is 23.0 Å². The van der Waals surface area contributed by atoms with Crippen LogP contribution in [0.5, 0.6) is 5.88 Å². The third-order valence-corrected chi connectivity index (χ3v) is 7.96. The summed E-state index contributed by atoms with van der Waals surface area (Å²) in [6.07, 6.45) is 24.4. The zero-order valence-corrected chi connectivity index (χ0v) is 27.1. The summed E-state index contributed by atoms with van der Waals surface area (Å²) in [4.78, 5) is 24.4. The number of phosphoric acid groups is 1. The van der Waals surface area contributed by atoms with E-state index in [0.717, 1.165) is 19.3 Å². The lowest BCUT2D eigenvalue weighted by Crippen LogP contribution is -2.34. The SMILES string of the molecule is CCCCCCCCCCCCCCCCCNC(=O)OCC(COP(=O)([O-])OCCn1cc[n+](C)c1)Oc1ccon1. The number of hydrogen-bond donors (Lipinski definition) is 1. The van der Waals surface area contributed by atoms with E-state index in [2.05, 4.69) is 17.4 Å². The number of hydrogen-bond acceptors (Lipinski definition) is 9. The van der Waals surface area contributed by atoms with Gasteiger partial charge in [-0.3, -0.25) is 4.57 Å². The van der Waals surface area contributed by atoms with Gasteiger partial charge < -0.3 is 33.3 Å². The smallest absolute Gasteiger partial charge is 0.407 e. The minimum absolute atomic E-state index is 0.0948.